The Morgan fingerprint density at radius 2 is 1.40 bits per heavy atom. The Morgan fingerprint density at radius 3 is 1.93 bits per heavy atom. The number of benzene rings is 3. The normalized spacial score (nSPS) is 13.1. The van der Waals surface area contributed by atoms with Gasteiger partial charge in [0.1, 0.15) is 17.6 Å². The van der Waals surface area contributed by atoms with Crippen LogP contribution in [0.5, 0.6) is 11.5 Å². The van der Waals surface area contributed by atoms with Crippen molar-refractivity contribution in [3.63, 3.8) is 0 Å². The molecule has 2 atom stereocenters. The molecule has 6 nitrogen and oxygen atoms in total. The molecule has 0 aliphatic carbocycles. The summed E-state index contributed by atoms with van der Waals surface area (Å²) in [6, 6.07) is 20.7. The number of hydrogen-bond donors (Lipinski definition) is 1. The van der Waals surface area contributed by atoms with Crippen LogP contribution in [0.15, 0.2) is 72.8 Å². The highest BCUT2D eigenvalue weighted by molar-refractivity contribution is 5.94. The van der Waals surface area contributed by atoms with Crippen LogP contribution >= 0.6 is 0 Å². The van der Waals surface area contributed by atoms with Gasteiger partial charge in [0, 0.05) is 18.0 Å². The first-order valence-electron chi connectivity index (χ1n) is 14.5. The molecule has 9 heteroatoms. The lowest BCUT2D eigenvalue weighted by Crippen LogP contribution is -2.26. The van der Waals surface area contributed by atoms with Gasteiger partial charge in [-0.15, -0.1) is 13.2 Å². The van der Waals surface area contributed by atoms with E-state index in [4.69, 9.17) is 9.47 Å². The molecule has 43 heavy (non-hydrogen) atoms. The summed E-state index contributed by atoms with van der Waals surface area (Å²) >= 11 is 0. The van der Waals surface area contributed by atoms with Gasteiger partial charge in [-0.2, -0.15) is 0 Å². The molecule has 0 aromatic heterocycles. The van der Waals surface area contributed by atoms with Crippen LogP contribution in [0.3, 0.4) is 0 Å². The lowest BCUT2D eigenvalue weighted by Gasteiger charge is -2.29. The summed E-state index contributed by atoms with van der Waals surface area (Å²) in [6.45, 7) is 10.6. The van der Waals surface area contributed by atoms with Gasteiger partial charge in [0.05, 0.1) is 13.0 Å². The second-order valence-corrected chi connectivity index (χ2v) is 11.3. The average molecular weight is 600 g/mol. The standard InChI is InChI=1S/C34H40F3NO5/c1-6-8-29(23-9-11-25(12-10-23)32(40)38-22-21-30(39)41-7-2)31(24-13-17-28(18-14-24)43-34(35,36)37)42-27-19-15-26(16-20-27)33(3,4)5/h9-20,29,31H,6-8,21-22H2,1-5H3,(H,38,40). The fourth-order valence-corrected chi connectivity index (χ4v) is 4.72. The maximum atomic E-state index is 12.8. The largest absolute Gasteiger partial charge is 0.573 e. The maximum Gasteiger partial charge on any atom is 0.573 e. The van der Waals surface area contributed by atoms with Gasteiger partial charge >= 0.3 is 12.3 Å². The number of nitrogens with one attached hydrogen (secondary N) is 1. The van der Waals surface area contributed by atoms with Crippen molar-refractivity contribution in [2.24, 2.45) is 0 Å². The van der Waals surface area contributed by atoms with Gasteiger partial charge in [0.25, 0.3) is 5.91 Å². The van der Waals surface area contributed by atoms with Gasteiger partial charge in [-0.1, -0.05) is 70.5 Å². The third-order valence-electron chi connectivity index (χ3n) is 6.91. The monoisotopic (exact) mass is 599 g/mol. The van der Waals surface area contributed by atoms with Crippen molar-refractivity contribution in [2.45, 2.75) is 77.7 Å². The van der Waals surface area contributed by atoms with E-state index in [9.17, 15) is 22.8 Å². The first kappa shape index (κ1) is 33.5. The molecule has 232 valence electrons. The minimum Gasteiger partial charge on any atom is -0.485 e. The SMILES string of the molecule is CCCC(c1ccc(C(=O)NCCC(=O)OCC)cc1)C(Oc1ccc(C(C)(C)C)cc1)c1ccc(OC(F)(F)F)cc1. The van der Waals surface area contributed by atoms with Crippen LogP contribution in [0.4, 0.5) is 13.2 Å². The first-order valence-corrected chi connectivity index (χ1v) is 14.5. The Bertz CT molecular complexity index is 1310. The molecule has 0 fully saturated rings. The van der Waals surface area contributed by atoms with E-state index < -0.39 is 12.5 Å². The summed E-state index contributed by atoms with van der Waals surface area (Å²) in [5.41, 5.74) is 3.15. The van der Waals surface area contributed by atoms with Gasteiger partial charge in [-0.25, -0.2) is 0 Å². The zero-order chi connectivity index (χ0) is 31.6. The van der Waals surface area contributed by atoms with Crippen LogP contribution in [0, 0.1) is 0 Å². The molecule has 0 bridgehead atoms. The highest BCUT2D eigenvalue weighted by Crippen LogP contribution is 2.40. The molecule has 0 radical (unpaired) electrons. The van der Waals surface area contributed by atoms with Gasteiger partial charge < -0.3 is 19.5 Å². The third kappa shape index (κ3) is 10.3. The number of halogens is 3. The Hall–Kier alpha value is -4.01. The molecule has 0 saturated heterocycles. The molecule has 0 spiro atoms. The molecule has 3 aromatic carbocycles. The van der Waals surface area contributed by atoms with Gasteiger partial charge in [0.15, 0.2) is 0 Å². The van der Waals surface area contributed by atoms with Crippen molar-refractivity contribution in [2.75, 3.05) is 13.2 Å². The summed E-state index contributed by atoms with van der Waals surface area (Å²) < 4.78 is 53.9. The second-order valence-electron chi connectivity index (χ2n) is 11.3. The summed E-state index contributed by atoms with van der Waals surface area (Å²) in [7, 11) is 0. The zero-order valence-corrected chi connectivity index (χ0v) is 25.3. The quantitative estimate of drug-likeness (QED) is 0.200. The smallest absolute Gasteiger partial charge is 0.485 e. The summed E-state index contributed by atoms with van der Waals surface area (Å²) in [4.78, 5) is 24.2. The molecule has 0 aliphatic rings. The predicted molar refractivity (Wildman–Crippen MR) is 159 cm³/mol. The molecular formula is C34H40F3NO5. The van der Waals surface area contributed by atoms with Crippen LogP contribution in [-0.2, 0) is 14.9 Å². The minimum absolute atomic E-state index is 0.0379. The molecular weight excluding hydrogens is 559 g/mol. The molecule has 3 rings (SSSR count). The molecule has 1 amide bonds. The number of amides is 1. The molecule has 3 aromatic rings. The van der Waals surface area contributed by atoms with Crippen LogP contribution < -0.4 is 14.8 Å². The van der Waals surface area contributed by atoms with E-state index in [1.807, 2.05) is 43.3 Å². The van der Waals surface area contributed by atoms with Crippen molar-refractivity contribution >= 4 is 11.9 Å². The van der Waals surface area contributed by atoms with Crippen LogP contribution in [0.25, 0.3) is 0 Å². The highest BCUT2D eigenvalue weighted by atomic mass is 19.4. The summed E-state index contributed by atoms with van der Waals surface area (Å²) in [5.74, 6) is -0.544. The number of alkyl halides is 3. The van der Waals surface area contributed by atoms with E-state index in [1.54, 1.807) is 31.2 Å². The molecule has 1 N–H and O–H groups in total. The van der Waals surface area contributed by atoms with E-state index in [-0.39, 0.29) is 48.5 Å². The lowest BCUT2D eigenvalue weighted by molar-refractivity contribution is -0.274. The van der Waals surface area contributed by atoms with Crippen molar-refractivity contribution < 1.29 is 37.0 Å². The fourth-order valence-electron chi connectivity index (χ4n) is 4.72. The van der Waals surface area contributed by atoms with Gasteiger partial charge in [0.2, 0.25) is 0 Å². The second kappa shape index (κ2) is 14.9. The predicted octanol–water partition coefficient (Wildman–Crippen LogP) is 8.27. The average Bonchev–Trinajstić information content (AvgIpc) is 2.94. The van der Waals surface area contributed by atoms with Crippen LogP contribution in [0.1, 0.15) is 93.0 Å². The van der Waals surface area contributed by atoms with E-state index >= 15 is 0 Å². The molecule has 0 aliphatic heterocycles. The third-order valence-corrected chi connectivity index (χ3v) is 6.91. The summed E-state index contributed by atoms with van der Waals surface area (Å²) in [5, 5.41) is 2.72. The van der Waals surface area contributed by atoms with E-state index in [1.165, 1.54) is 12.1 Å². The highest BCUT2D eigenvalue weighted by Gasteiger charge is 2.32. The molecule has 0 saturated carbocycles. The number of rotatable bonds is 13. The topological polar surface area (TPSA) is 73.9 Å². The number of ether oxygens (including phenoxy) is 3. The van der Waals surface area contributed by atoms with Crippen molar-refractivity contribution in [1.29, 1.82) is 0 Å². The number of esters is 1. The van der Waals surface area contributed by atoms with Gasteiger partial charge in [-0.05, 0) is 71.8 Å². The summed E-state index contributed by atoms with van der Waals surface area (Å²) in [6.07, 6.45) is -3.71. The molecule has 0 heterocycles. The fraction of sp³-hybridized carbons (Fsp3) is 0.412. The molecule has 2 unspecified atom stereocenters. The number of carbonyl (C=O) groups excluding carboxylic acids is 2. The Kier molecular flexibility index (Phi) is 11.6. The van der Waals surface area contributed by atoms with E-state index in [2.05, 4.69) is 30.8 Å². The lowest BCUT2D eigenvalue weighted by atomic mass is 9.85. The maximum absolute atomic E-state index is 12.8. The van der Waals surface area contributed by atoms with E-state index in [0.717, 1.165) is 24.0 Å². The Labute approximate surface area is 251 Å². The van der Waals surface area contributed by atoms with Crippen molar-refractivity contribution in [1.82, 2.24) is 5.32 Å². The zero-order valence-electron chi connectivity index (χ0n) is 25.3. The van der Waals surface area contributed by atoms with Crippen molar-refractivity contribution in [3.8, 4) is 11.5 Å². The van der Waals surface area contributed by atoms with E-state index in [0.29, 0.717) is 16.9 Å². The Morgan fingerprint density at radius 1 is 0.814 bits per heavy atom. The first-order chi connectivity index (χ1) is 20.3. The van der Waals surface area contributed by atoms with Gasteiger partial charge in [-0.3, -0.25) is 9.59 Å². The van der Waals surface area contributed by atoms with Crippen LogP contribution in [0.2, 0.25) is 0 Å². The minimum atomic E-state index is -4.79. The number of hydrogen-bond acceptors (Lipinski definition) is 5. The van der Waals surface area contributed by atoms with Crippen LogP contribution in [-0.4, -0.2) is 31.4 Å². The number of carbonyl (C=O) groups is 2. The Balaban J connectivity index is 1.89. The van der Waals surface area contributed by atoms with Crippen molar-refractivity contribution in [3.05, 3.63) is 95.1 Å².